The molecule has 0 aliphatic heterocycles. The molecule has 58 valence electrons. The summed E-state index contributed by atoms with van der Waals surface area (Å²) < 4.78 is 2.26. The van der Waals surface area contributed by atoms with E-state index < -0.39 is 0 Å². The van der Waals surface area contributed by atoms with Gasteiger partial charge in [0.05, 0.1) is 11.7 Å². The zero-order chi connectivity index (χ0) is 8.72. The molecule has 0 aliphatic rings. The third-order valence-corrected chi connectivity index (χ3v) is 2.18. The molecule has 0 saturated heterocycles. The van der Waals surface area contributed by atoms with Crippen LogP contribution in [0.25, 0.3) is 5.52 Å². The van der Waals surface area contributed by atoms with Gasteiger partial charge >= 0.3 is 0 Å². The molecule has 0 amide bonds. The fraction of sp³-hybridized carbons (Fsp3) is 0. The number of aromatic nitrogens is 2. The van der Waals surface area contributed by atoms with Crippen molar-refractivity contribution in [1.82, 2.24) is 9.61 Å². The lowest BCUT2D eigenvalue weighted by Gasteiger charge is -1.98. The molecule has 0 spiro atoms. The maximum atomic E-state index is 9.19. The molecule has 12 heavy (non-hydrogen) atoms. The Morgan fingerprint density at radius 2 is 2.33 bits per heavy atom. The van der Waals surface area contributed by atoms with Crippen LogP contribution in [0.1, 0.15) is 0 Å². The summed E-state index contributed by atoms with van der Waals surface area (Å²) in [4.78, 5) is 0. The van der Waals surface area contributed by atoms with E-state index in [-0.39, 0.29) is 5.75 Å². The maximum Gasteiger partial charge on any atom is 0.135 e. The van der Waals surface area contributed by atoms with Gasteiger partial charge in [0.1, 0.15) is 13.6 Å². The highest BCUT2D eigenvalue weighted by Crippen LogP contribution is 2.20. The van der Waals surface area contributed by atoms with Crippen molar-refractivity contribution in [2.75, 3.05) is 0 Å². The lowest BCUT2D eigenvalue weighted by atomic mass is 9.99. The number of pyridine rings is 1. The van der Waals surface area contributed by atoms with Gasteiger partial charge in [-0.05, 0) is 22.0 Å². The maximum absolute atomic E-state index is 9.19. The highest BCUT2D eigenvalue weighted by atomic mass is 79.9. The number of halogens is 1. The van der Waals surface area contributed by atoms with Gasteiger partial charge in [0.2, 0.25) is 0 Å². The first kappa shape index (κ1) is 7.67. The summed E-state index contributed by atoms with van der Waals surface area (Å²) in [6.07, 6.45) is 3.04. The van der Waals surface area contributed by atoms with Crippen molar-refractivity contribution in [2.45, 2.75) is 0 Å². The van der Waals surface area contributed by atoms with Crippen LogP contribution in [0.2, 0.25) is 0 Å². The van der Waals surface area contributed by atoms with Crippen molar-refractivity contribution < 1.29 is 5.11 Å². The van der Waals surface area contributed by atoms with E-state index in [9.17, 15) is 5.11 Å². The molecule has 2 aromatic heterocycles. The minimum Gasteiger partial charge on any atom is -0.506 e. The average molecular weight is 223 g/mol. The van der Waals surface area contributed by atoms with Crippen LogP contribution >= 0.6 is 15.9 Å². The van der Waals surface area contributed by atoms with E-state index in [2.05, 4.69) is 21.0 Å². The van der Waals surface area contributed by atoms with Gasteiger partial charge in [-0.3, -0.25) is 0 Å². The largest absolute Gasteiger partial charge is 0.506 e. The number of fused-ring (bicyclic) bond motifs is 1. The van der Waals surface area contributed by atoms with Crippen LogP contribution in [-0.2, 0) is 0 Å². The van der Waals surface area contributed by atoms with E-state index in [4.69, 9.17) is 7.85 Å². The Balaban J connectivity index is 2.93. The number of hydrogen-bond acceptors (Lipinski definition) is 2. The van der Waals surface area contributed by atoms with Crippen LogP contribution in [0.5, 0.6) is 5.75 Å². The third-order valence-electron chi connectivity index (χ3n) is 1.58. The second-order valence-corrected chi connectivity index (χ2v) is 3.29. The van der Waals surface area contributed by atoms with E-state index in [1.54, 1.807) is 12.3 Å². The summed E-state index contributed by atoms with van der Waals surface area (Å²) in [5, 5.41) is 13.1. The fourth-order valence-electron chi connectivity index (χ4n) is 1.08. The molecule has 2 radical (unpaired) electrons. The molecule has 2 rings (SSSR count). The molecule has 0 saturated carbocycles. The van der Waals surface area contributed by atoms with Crippen molar-refractivity contribution in [3.8, 4) is 5.75 Å². The third kappa shape index (κ3) is 1.01. The van der Waals surface area contributed by atoms with E-state index in [0.717, 1.165) is 9.99 Å². The second kappa shape index (κ2) is 2.52. The highest BCUT2D eigenvalue weighted by Gasteiger charge is 2.04. The molecule has 5 heteroatoms. The SMILES string of the molecule is [B]c1cnn2cc(O)cc(Br)c12. The van der Waals surface area contributed by atoms with E-state index in [1.165, 1.54) is 10.7 Å². The Bertz CT molecular complexity index is 440. The highest BCUT2D eigenvalue weighted by molar-refractivity contribution is 9.10. The van der Waals surface area contributed by atoms with Gasteiger partial charge in [-0.1, -0.05) is 5.46 Å². The Morgan fingerprint density at radius 1 is 1.58 bits per heavy atom. The predicted molar refractivity (Wildman–Crippen MR) is 49.9 cm³/mol. The minimum absolute atomic E-state index is 0.150. The summed E-state index contributed by atoms with van der Waals surface area (Å²) in [5.74, 6) is 0.150. The first-order valence-electron chi connectivity index (χ1n) is 3.30. The summed E-state index contributed by atoms with van der Waals surface area (Å²) in [7, 11) is 5.63. The number of rotatable bonds is 0. The van der Waals surface area contributed by atoms with E-state index >= 15 is 0 Å². The fourth-order valence-corrected chi connectivity index (χ4v) is 1.73. The van der Waals surface area contributed by atoms with Gasteiger partial charge < -0.3 is 5.11 Å². The molecule has 0 atom stereocenters. The van der Waals surface area contributed by atoms with Gasteiger partial charge in [-0.2, -0.15) is 5.10 Å². The number of hydrogen-bond donors (Lipinski definition) is 1. The molecule has 3 nitrogen and oxygen atoms in total. The summed E-state index contributed by atoms with van der Waals surface area (Å²) in [6, 6.07) is 1.58. The summed E-state index contributed by atoms with van der Waals surface area (Å²) in [6.45, 7) is 0. The number of nitrogens with zero attached hydrogens (tertiary/aromatic N) is 2. The van der Waals surface area contributed by atoms with Crippen molar-refractivity contribution in [3.05, 3.63) is 22.9 Å². The zero-order valence-electron chi connectivity index (χ0n) is 6.03. The topological polar surface area (TPSA) is 37.5 Å². The average Bonchev–Trinajstić information content (AvgIpc) is 2.31. The minimum atomic E-state index is 0.150. The van der Waals surface area contributed by atoms with Crippen molar-refractivity contribution in [3.63, 3.8) is 0 Å². The van der Waals surface area contributed by atoms with Gasteiger partial charge in [0, 0.05) is 10.7 Å². The number of aromatic hydroxyl groups is 1. The molecule has 2 heterocycles. The van der Waals surface area contributed by atoms with Crippen molar-refractivity contribution in [1.29, 1.82) is 0 Å². The van der Waals surface area contributed by atoms with E-state index in [0.29, 0.717) is 5.46 Å². The summed E-state index contributed by atoms with van der Waals surface area (Å²) >= 11 is 3.28. The van der Waals surface area contributed by atoms with Crippen LogP contribution < -0.4 is 5.46 Å². The molecule has 0 bridgehead atoms. The molecule has 0 aromatic carbocycles. The zero-order valence-corrected chi connectivity index (χ0v) is 7.62. The Hall–Kier alpha value is -0.965. The van der Waals surface area contributed by atoms with Crippen LogP contribution in [-0.4, -0.2) is 22.6 Å². The first-order chi connectivity index (χ1) is 5.68. The standard InChI is InChI=1S/C7H4BBrN2O/c8-5-2-10-11-3-4(12)1-6(9)7(5)11/h1-3,12H. The quantitative estimate of drug-likeness (QED) is 0.663. The second-order valence-electron chi connectivity index (χ2n) is 2.44. The van der Waals surface area contributed by atoms with Gasteiger partial charge in [0.15, 0.2) is 0 Å². The lowest BCUT2D eigenvalue weighted by Crippen LogP contribution is -2.00. The van der Waals surface area contributed by atoms with Crippen molar-refractivity contribution in [2.24, 2.45) is 0 Å². The predicted octanol–water partition coefficient (Wildman–Crippen LogP) is 0.596. The molecular formula is C7H4BBrN2O. The monoisotopic (exact) mass is 222 g/mol. The lowest BCUT2D eigenvalue weighted by molar-refractivity contribution is 0.470. The van der Waals surface area contributed by atoms with Crippen LogP contribution in [0.3, 0.4) is 0 Å². The van der Waals surface area contributed by atoms with Gasteiger partial charge in [0.25, 0.3) is 0 Å². The molecule has 0 fully saturated rings. The molecule has 0 unspecified atom stereocenters. The Kier molecular flexibility index (Phi) is 1.61. The van der Waals surface area contributed by atoms with E-state index in [1.807, 2.05) is 0 Å². The van der Waals surface area contributed by atoms with Crippen LogP contribution in [0.4, 0.5) is 0 Å². The molecule has 0 aliphatic carbocycles. The Morgan fingerprint density at radius 3 is 3.08 bits per heavy atom. The molecular weight excluding hydrogens is 219 g/mol. The van der Waals surface area contributed by atoms with Crippen molar-refractivity contribution >= 4 is 34.8 Å². The smallest absolute Gasteiger partial charge is 0.135 e. The Labute approximate surface area is 78.6 Å². The van der Waals surface area contributed by atoms with Gasteiger partial charge in [-0.15, -0.1) is 0 Å². The van der Waals surface area contributed by atoms with Gasteiger partial charge in [-0.25, -0.2) is 4.52 Å². The summed E-state index contributed by atoms with van der Waals surface area (Å²) in [5.41, 5.74) is 1.36. The first-order valence-corrected chi connectivity index (χ1v) is 4.09. The van der Waals surface area contributed by atoms with Crippen LogP contribution in [0, 0.1) is 0 Å². The molecule has 2 aromatic rings. The molecule has 1 N–H and O–H groups in total. The normalized spacial score (nSPS) is 10.8. The van der Waals surface area contributed by atoms with Crippen LogP contribution in [0.15, 0.2) is 22.9 Å².